The fraction of sp³-hybridized carbons (Fsp3) is 0.640. The molecule has 1 aliphatic heterocycles. The second kappa shape index (κ2) is 13.6. The smallest absolute Gasteiger partial charge is 0.322 e. The third kappa shape index (κ3) is 8.06. The molecule has 2 aliphatic carbocycles. The molecule has 0 bridgehead atoms. The van der Waals surface area contributed by atoms with Crippen LogP contribution in [0.4, 0.5) is 0 Å². The highest BCUT2D eigenvalue weighted by Crippen LogP contribution is 2.45. The van der Waals surface area contributed by atoms with Gasteiger partial charge in [-0.2, -0.15) is 0 Å². The van der Waals surface area contributed by atoms with E-state index in [0.717, 1.165) is 50.5 Å². The molecule has 2 amide bonds. The average molecular weight is 538 g/mol. The first kappa shape index (κ1) is 28.7. The van der Waals surface area contributed by atoms with E-state index in [4.69, 9.17) is 20.7 Å². The Morgan fingerprint density at radius 1 is 1.14 bits per heavy atom. The molecule has 37 heavy (non-hydrogen) atoms. The normalized spacial score (nSPS) is 24.9. The first-order chi connectivity index (χ1) is 17.7. The number of carbonyl (C=O) groups is 5. The second-order valence-electron chi connectivity index (χ2n) is 9.61. The van der Waals surface area contributed by atoms with E-state index in [0.29, 0.717) is 5.76 Å². The minimum absolute atomic E-state index is 0.108. The molecule has 0 aromatic carbocycles. The Balaban J connectivity index is 1.75. The van der Waals surface area contributed by atoms with Crippen molar-refractivity contribution in [3.63, 3.8) is 0 Å². The van der Waals surface area contributed by atoms with Crippen LogP contribution >= 0.6 is 11.8 Å². The number of thioether (sulfide) groups is 1. The van der Waals surface area contributed by atoms with Crippen molar-refractivity contribution < 1.29 is 38.9 Å². The molecule has 0 aromatic heterocycles. The Morgan fingerprint density at radius 2 is 1.86 bits per heavy atom. The van der Waals surface area contributed by atoms with E-state index in [9.17, 15) is 24.0 Å². The van der Waals surface area contributed by atoms with Crippen molar-refractivity contribution in [1.82, 2.24) is 10.6 Å². The molecule has 204 valence electrons. The van der Waals surface area contributed by atoms with E-state index in [1.807, 2.05) is 12.2 Å². The lowest BCUT2D eigenvalue weighted by atomic mass is 9.78. The van der Waals surface area contributed by atoms with Gasteiger partial charge in [0.1, 0.15) is 30.3 Å². The maximum atomic E-state index is 12.7. The van der Waals surface area contributed by atoms with Crippen molar-refractivity contribution in [2.75, 3.05) is 12.3 Å². The Bertz CT molecular complexity index is 966. The molecule has 11 nitrogen and oxygen atoms in total. The van der Waals surface area contributed by atoms with Gasteiger partial charge < -0.3 is 31.3 Å². The van der Waals surface area contributed by atoms with Crippen LogP contribution in [-0.4, -0.2) is 69.6 Å². The number of nitrogens with one attached hydrogen (secondary N) is 2. The van der Waals surface area contributed by atoms with Gasteiger partial charge in [-0.3, -0.25) is 24.0 Å². The number of amides is 2. The number of hydrogen-bond acceptors (Lipinski definition) is 8. The third-order valence-corrected chi connectivity index (χ3v) is 8.24. The number of aliphatic carboxylic acids is 2. The zero-order valence-electron chi connectivity index (χ0n) is 20.6. The van der Waals surface area contributed by atoms with E-state index in [-0.39, 0.29) is 41.6 Å². The highest BCUT2D eigenvalue weighted by Gasteiger charge is 2.42. The first-order valence-corrected chi connectivity index (χ1v) is 13.7. The van der Waals surface area contributed by atoms with Crippen LogP contribution < -0.4 is 16.4 Å². The summed E-state index contributed by atoms with van der Waals surface area (Å²) in [5, 5.41) is 22.5. The molecule has 0 saturated carbocycles. The minimum Gasteiger partial charge on any atom is -0.480 e. The summed E-state index contributed by atoms with van der Waals surface area (Å²) in [4.78, 5) is 59.7. The Hall–Kier alpha value is -2.86. The van der Waals surface area contributed by atoms with Crippen LogP contribution in [0.1, 0.15) is 57.8 Å². The largest absolute Gasteiger partial charge is 0.480 e. The van der Waals surface area contributed by atoms with Crippen molar-refractivity contribution in [2.24, 2.45) is 17.6 Å². The van der Waals surface area contributed by atoms with Gasteiger partial charge in [0.25, 0.3) is 0 Å². The number of nitrogens with two attached hydrogens (primary N) is 1. The van der Waals surface area contributed by atoms with Crippen molar-refractivity contribution in [1.29, 1.82) is 0 Å². The van der Waals surface area contributed by atoms with E-state index >= 15 is 0 Å². The van der Waals surface area contributed by atoms with Crippen LogP contribution in [0.2, 0.25) is 0 Å². The van der Waals surface area contributed by atoms with E-state index in [1.54, 1.807) is 0 Å². The van der Waals surface area contributed by atoms with Crippen LogP contribution in [0.25, 0.3) is 0 Å². The SMILES string of the molecule is N[C@@H](CCC(=O)N[C@@H](CS[C@@H]1CCCCCC[C@H]2CC=C[C@H]3C(=O)OC1=C23)C(=O)NCC(=O)O)C(=O)O. The lowest BCUT2D eigenvalue weighted by Gasteiger charge is -2.27. The van der Waals surface area contributed by atoms with Crippen molar-refractivity contribution in [3.8, 4) is 0 Å². The zero-order chi connectivity index (χ0) is 26.9. The summed E-state index contributed by atoms with van der Waals surface area (Å²) >= 11 is 1.39. The molecule has 5 atom stereocenters. The van der Waals surface area contributed by atoms with Gasteiger partial charge in [0, 0.05) is 12.2 Å². The van der Waals surface area contributed by atoms with Gasteiger partial charge in [0.2, 0.25) is 11.8 Å². The Morgan fingerprint density at radius 3 is 2.57 bits per heavy atom. The fourth-order valence-electron chi connectivity index (χ4n) is 4.90. The van der Waals surface area contributed by atoms with Gasteiger partial charge in [-0.15, -0.1) is 11.8 Å². The number of esters is 1. The molecular formula is C25H35N3O8S. The summed E-state index contributed by atoms with van der Waals surface area (Å²) in [5.41, 5.74) is 6.50. The van der Waals surface area contributed by atoms with Crippen LogP contribution in [-0.2, 0) is 28.7 Å². The molecule has 6 N–H and O–H groups in total. The predicted molar refractivity (Wildman–Crippen MR) is 135 cm³/mol. The molecular weight excluding hydrogens is 502 g/mol. The highest BCUT2D eigenvalue weighted by molar-refractivity contribution is 8.00. The summed E-state index contributed by atoms with van der Waals surface area (Å²) in [6.07, 6.45) is 10.4. The van der Waals surface area contributed by atoms with E-state index in [2.05, 4.69) is 10.6 Å². The standard InChI is InChI=1S/C25H35N3O8S/c26-16(24(33)34)10-11-19(29)28-17(23(32)27-12-20(30)31)13-37-18-9-4-2-1-3-6-14-7-5-8-15-21(14)22(18)36-25(15)35/h5,8,14-18H,1-4,6-7,9-13,26H2,(H,27,32)(H,28,29)(H,30,31)(H,33,34)/t14-,15+,16-,17-,18+/m0/s1. The van der Waals surface area contributed by atoms with Crippen LogP contribution in [0.15, 0.2) is 23.5 Å². The third-order valence-electron chi connectivity index (χ3n) is 6.86. The second-order valence-corrected chi connectivity index (χ2v) is 10.8. The molecule has 1 heterocycles. The van der Waals surface area contributed by atoms with Gasteiger partial charge in [0.15, 0.2) is 0 Å². The summed E-state index contributed by atoms with van der Waals surface area (Å²) in [5.74, 6) is -3.31. The fourth-order valence-corrected chi connectivity index (χ4v) is 6.23. The van der Waals surface area contributed by atoms with Crippen molar-refractivity contribution in [2.45, 2.75) is 75.1 Å². The quantitative estimate of drug-likeness (QED) is 0.190. The summed E-state index contributed by atoms with van der Waals surface area (Å²) in [6, 6.07) is -2.27. The molecule has 0 radical (unpaired) electrons. The van der Waals surface area contributed by atoms with Gasteiger partial charge in [-0.05, 0) is 37.2 Å². The molecule has 0 spiro atoms. The van der Waals surface area contributed by atoms with Crippen molar-refractivity contribution in [3.05, 3.63) is 23.5 Å². The van der Waals surface area contributed by atoms with Gasteiger partial charge in [-0.25, -0.2) is 0 Å². The Labute approximate surface area is 219 Å². The van der Waals surface area contributed by atoms with Gasteiger partial charge in [0.05, 0.1) is 5.25 Å². The molecule has 3 aliphatic rings. The minimum atomic E-state index is -1.23. The maximum absolute atomic E-state index is 12.7. The molecule has 0 fully saturated rings. The number of rotatable bonds is 11. The molecule has 12 heteroatoms. The topological polar surface area (TPSA) is 185 Å². The number of hydrogen-bond donors (Lipinski definition) is 5. The summed E-state index contributed by atoms with van der Waals surface area (Å²) in [6.45, 7) is -0.605. The van der Waals surface area contributed by atoms with Crippen molar-refractivity contribution >= 4 is 41.5 Å². The number of carboxylic acids is 2. The predicted octanol–water partition coefficient (Wildman–Crippen LogP) is 1.32. The maximum Gasteiger partial charge on any atom is 0.322 e. The summed E-state index contributed by atoms with van der Waals surface area (Å²) < 4.78 is 5.80. The number of carboxylic acid groups (broad SMARTS) is 2. The number of carbonyl (C=O) groups excluding carboxylic acids is 3. The van der Waals surface area contributed by atoms with Gasteiger partial charge >= 0.3 is 17.9 Å². The lowest BCUT2D eigenvalue weighted by molar-refractivity contribution is -0.140. The average Bonchev–Trinajstić information content (AvgIpc) is 3.20. The van der Waals surface area contributed by atoms with Gasteiger partial charge in [-0.1, -0.05) is 37.8 Å². The van der Waals surface area contributed by atoms with Crippen LogP contribution in [0, 0.1) is 11.8 Å². The van der Waals surface area contributed by atoms with Crippen LogP contribution in [0.3, 0.4) is 0 Å². The number of ether oxygens (including phenoxy) is 1. The van der Waals surface area contributed by atoms with E-state index < -0.39 is 42.4 Å². The Kier molecular flexibility index (Phi) is 10.6. The molecule has 0 unspecified atom stereocenters. The first-order valence-electron chi connectivity index (χ1n) is 12.7. The lowest BCUT2D eigenvalue weighted by Crippen LogP contribution is -2.49. The molecule has 3 rings (SSSR count). The monoisotopic (exact) mass is 537 g/mol. The zero-order valence-corrected chi connectivity index (χ0v) is 21.5. The van der Waals surface area contributed by atoms with Crippen LogP contribution in [0.5, 0.6) is 0 Å². The molecule has 0 saturated heterocycles. The summed E-state index contributed by atoms with van der Waals surface area (Å²) in [7, 11) is 0. The number of allylic oxidation sites excluding steroid dienone is 1. The highest BCUT2D eigenvalue weighted by atomic mass is 32.2. The molecule has 0 aromatic rings. The van der Waals surface area contributed by atoms with E-state index in [1.165, 1.54) is 11.8 Å².